The minimum Gasteiger partial charge on any atom is -0.469 e. The van der Waals surface area contributed by atoms with Gasteiger partial charge in [-0.25, -0.2) is 4.39 Å². The average molecular weight is 330 g/mol. The Morgan fingerprint density at radius 1 is 1.17 bits per heavy atom. The second kappa shape index (κ2) is 6.26. The molecule has 0 radical (unpaired) electrons. The molecule has 1 aromatic heterocycles. The van der Waals surface area contributed by atoms with Crippen molar-refractivity contribution in [2.75, 3.05) is 5.32 Å². The Balaban J connectivity index is 1.96. The Hall–Kier alpha value is -2.59. The van der Waals surface area contributed by atoms with Gasteiger partial charge in [0.2, 0.25) is 0 Å². The third-order valence-electron chi connectivity index (χ3n) is 3.51. The molecule has 1 amide bonds. The van der Waals surface area contributed by atoms with E-state index in [0.717, 1.165) is 11.1 Å². The van der Waals surface area contributed by atoms with E-state index in [9.17, 15) is 9.18 Å². The van der Waals surface area contributed by atoms with Crippen molar-refractivity contribution in [3.63, 3.8) is 0 Å². The van der Waals surface area contributed by atoms with E-state index in [-0.39, 0.29) is 10.9 Å². The standard InChI is InChI=1S/C18H13ClFNO2/c1-11-13(8-9-23-11)18(22)21-17-5-3-2-4-14(17)12-6-7-16(20)15(19)10-12/h2-10H,1H3,(H,21,22). The molecule has 0 unspecified atom stereocenters. The van der Waals surface area contributed by atoms with Crippen LogP contribution in [-0.2, 0) is 0 Å². The third kappa shape index (κ3) is 3.12. The molecular formula is C18H13ClFNO2. The molecule has 0 saturated carbocycles. The van der Waals surface area contributed by atoms with E-state index in [0.29, 0.717) is 17.0 Å². The molecule has 3 nitrogen and oxygen atoms in total. The van der Waals surface area contributed by atoms with Crippen molar-refractivity contribution >= 4 is 23.2 Å². The molecule has 1 N–H and O–H groups in total. The van der Waals surface area contributed by atoms with Gasteiger partial charge in [0.25, 0.3) is 5.91 Å². The molecule has 3 rings (SSSR count). The summed E-state index contributed by atoms with van der Waals surface area (Å²) in [6, 6.07) is 13.3. The summed E-state index contributed by atoms with van der Waals surface area (Å²) in [5.74, 6) is -0.201. The molecule has 0 spiro atoms. The number of carbonyl (C=O) groups excluding carboxylic acids is 1. The van der Waals surface area contributed by atoms with Crippen LogP contribution in [0, 0.1) is 12.7 Å². The molecule has 0 aliphatic carbocycles. The van der Waals surface area contributed by atoms with Crippen LogP contribution in [0.3, 0.4) is 0 Å². The van der Waals surface area contributed by atoms with E-state index >= 15 is 0 Å². The summed E-state index contributed by atoms with van der Waals surface area (Å²) < 4.78 is 18.5. The number of hydrogen-bond acceptors (Lipinski definition) is 2. The van der Waals surface area contributed by atoms with E-state index in [1.54, 1.807) is 25.1 Å². The number of benzene rings is 2. The molecule has 0 aliphatic rings. The minimum atomic E-state index is -0.481. The Bertz CT molecular complexity index is 873. The third-order valence-corrected chi connectivity index (χ3v) is 3.80. The number of carbonyl (C=O) groups is 1. The molecule has 23 heavy (non-hydrogen) atoms. The molecule has 0 saturated heterocycles. The monoisotopic (exact) mass is 329 g/mol. The second-order valence-electron chi connectivity index (χ2n) is 5.02. The van der Waals surface area contributed by atoms with E-state index in [4.69, 9.17) is 16.0 Å². The Labute approximate surface area is 137 Å². The van der Waals surface area contributed by atoms with Gasteiger partial charge in [-0.1, -0.05) is 35.9 Å². The normalized spacial score (nSPS) is 10.6. The lowest BCUT2D eigenvalue weighted by atomic mass is 10.0. The Kier molecular flexibility index (Phi) is 4.17. The fourth-order valence-corrected chi connectivity index (χ4v) is 2.50. The first-order valence-electron chi connectivity index (χ1n) is 6.96. The number of halogens is 2. The molecule has 0 fully saturated rings. The van der Waals surface area contributed by atoms with E-state index in [2.05, 4.69) is 5.32 Å². The van der Waals surface area contributed by atoms with Crippen LogP contribution in [0.25, 0.3) is 11.1 Å². The minimum absolute atomic E-state index is 0.0364. The van der Waals surface area contributed by atoms with Crippen LogP contribution in [0.2, 0.25) is 5.02 Å². The van der Waals surface area contributed by atoms with Crippen LogP contribution in [-0.4, -0.2) is 5.91 Å². The van der Waals surface area contributed by atoms with Gasteiger partial charge in [0, 0.05) is 11.3 Å². The highest BCUT2D eigenvalue weighted by molar-refractivity contribution is 6.31. The van der Waals surface area contributed by atoms with Gasteiger partial charge in [0.15, 0.2) is 0 Å². The van der Waals surface area contributed by atoms with Gasteiger partial charge in [-0.3, -0.25) is 4.79 Å². The predicted molar refractivity (Wildman–Crippen MR) is 88.2 cm³/mol. The zero-order chi connectivity index (χ0) is 16.4. The maximum absolute atomic E-state index is 13.3. The number of aryl methyl sites for hydroxylation is 1. The molecule has 2 aromatic carbocycles. The smallest absolute Gasteiger partial charge is 0.259 e. The quantitative estimate of drug-likeness (QED) is 0.708. The summed E-state index contributed by atoms with van der Waals surface area (Å²) in [5, 5.41) is 2.89. The molecule has 0 aliphatic heterocycles. The summed E-state index contributed by atoms with van der Waals surface area (Å²) in [5.41, 5.74) is 2.55. The largest absolute Gasteiger partial charge is 0.469 e. The van der Waals surface area contributed by atoms with Crippen molar-refractivity contribution in [2.24, 2.45) is 0 Å². The fraction of sp³-hybridized carbons (Fsp3) is 0.0556. The van der Waals surface area contributed by atoms with Crippen LogP contribution < -0.4 is 5.32 Å². The number of nitrogens with one attached hydrogen (secondary N) is 1. The van der Waals surface area contributed by atoms with Crippen molar-refractivity contribution in [3.05, 3.63) is 77.0 Å². The SMILES string of the molecule is Cc1occc1C(=O)Nc1ccccc1-c1ccc(F)c(Cl)c1. The molecular weight excluding hydrogens is 317 g/mol. The Morgan fingerprint density at radius 3 is 2.65 bits per heavy atom. The molecule has 5 heteroatoms. The lowest BCUT2D eigenvalue weighted by Crippen LogP contribution is -2.12. The molecule has 3 aromatic rings. The molecule has 1 heterocycles. The maximum Gasteiger partial charge on any atom is 0.259 e. The zero-order valence-electron chi connectivity index (χ0n) is 12.3. The van der Waals surface area contributed by atoms with Gasteiger partial charge >= 0.3 is 0 Å². The average Bonchev–Trinajstić information content (AvgIpc) is 2.97. The second-order valence-corrected chi connectivity index (χ2v) is 5.43. The van der Waals surface area contributed by atoms with Gasteiger partial charge in [-0.05, 0) is 36.8 Å². The Morgan fingerprint density at radius 2 is 1.96 bits per heavy atom. The highest BCUT2D eigenvalue weighted by Gasteiger charge is 2.14. The molecule has 0 atom stereocenters. The predicted octanol–water partition coefficient (Wildman–Crippen LogP) is 5.30. The van der Waals surface area contributed by atoms with Crippen LogP contribution in [0.5, 0.6) is 0 Å². The van der Waals surface area contributed by atoms with Crippen molar-refractivity contribution in [1.29, 1.82) is 0 Å². The first-order valence-corrected chi connectivity index (χ1v) is 7.34. The van der Waals surface area contributed by atoms with E-state index in [1.807, 2.05) is 18.2 Å². The number of rotatable bonds is 3. The highest BCUT2D eigenvalue weighted by atomic mass is 35.5. The van der Waals surface area contributed by atoms with Crippen LogP contribution in [0.1, 0.15) is 16.1 Å². The summed E-state index contributed by atoms with van der Waals surface area (Å²) >= 11 is 5.85. The molecule has 116 valence electrons. The topological polar surface area (TPSA) is 42.2 Å². The van der Waals surface area contributed by atoms with Crippen LogP contribution in [0.4, 0.5) is 10.1 Å². The summed E-state index contributed by atoms with van der Waals surface area (Å²) in [6.07, 6.45) is 1.47. The van der Waals surface area contributed by atoms with Gasteiger partial charge in [-0.15, -0.1) is 0 Å². The van der Waals surface area contributed by atoms with Gasteiger partial charge < -0.3 is 9.73 Å². The van der Waals surface area contributed by atoms with E-state index in [1.165, 1.54) is 18.4 Å². The number of furan rings is 1. The first-order chi connectivity index (χ1) is 11.1. The zero-order valence-corrected chi connectivity index (χ0v) is 13.0. The lowest BCUT2D eigenvalue weighted by Gasteiger charge is -2.11. The lowest BCUT2D eigenvalue weighted by molar-refractivity contribution is 0.102. The molecule has 0 bridgehead atoms. The maximum atomic E-state index is 13.3. The summed E-state index contributed by atoms with van der Waals surface area (Å²) in [4.78, 5) is 12.3. The first kappa shape index (κ1) is 15.3. The van der Waals surface area contributed by atoms with Crippen LogP contribution >= 0.6 is 11.6 Å². The number of anilines is 1. The van der Waals surface area contributed by atoms with Crippen molar-refractivity contribution in [2.45, 2.75) is 6.92 Å². The fourth-order valence-electron chi connectivity index (χ4n) is 2.32. The van der Waals surface area contributed by atoms with Gasteiger partial charge in [-0.2, -0.15) is 0 Å². The number of amides is 1. The highest BCUT2D eigenvalue weighted by Crippen LogP contribution is 2.31. The number of para-hydroxylation sites is 1. The number of hydrogen-bond donors (Lipinski definition) is 1. The van der Waals surface area contributed by atoms with Crippen LogP contribution in [0.15, 0.2) is 59.2 Å². The summed E-state index contributed by atoms with van der Waals surface area (Å²) in [6.45, 7) is 1.72. The van der Waals surface area contributed by atoms with E-state index < -0.39 is 5.82 Å². The van der Waals surface area contributed by atoms with Crippen molar-refractivity contribution in [1.82, 2.24) is 0 Å². The van der Waals surface area contributed by atoms with Gasteiger partial charge in [0.1, 0.15) is 11.6 Å². The van der Waals surface area contributed by atoms with Crippen molar-refractivity contribution in [3.8, 4) is 11.1 Å². The summed E-state index contributed by atoms with van der Waals surface area (Å²) in [7, 11) is 0. The van der Waals surface area contributed by atoms with Gasteiger partial charge in [0.05, 0.1) is 16.8 Å². The van der Waals surface area contributed by atoms with Crippen molar-refractivity contribution < 1.29 is 13.6 Å².